The molecule has 4 rings (SSSR count). The zero-order chi connectivity index (χ0) is 19.0. The van der Waals surface area contributed by atoms with Gasteiger partial charge in [-0.25, -0.2) is 0 Å². The van der Waals surface area contributed by atoms with Crippen molar-refractivity contribution in [1.29, 1.82) is 0 Å². The summed E-state index contributed by atoms with van der Waals surface area (Å²) < 4.78 is 12.5. The summed E-state index contributed by atoms with van der Waals surface area (Å²) in [7, 11) is 0. The van der Waals surface area contributed by atoms with Gasteiger partial charge < -0.3 is 14.8 Å². The van der Waals surface area contributed by atoms with Crippen molar-refractivity contribution in [2.24, 2.45) is 0 Å². The van der Waals surface area contributed by atoms with Crippen LogP contribution in [0.2, 0.25) is 5.02 Å². The lowest BCUT2D eigenvalue weighted by Gasteiger charge is -2.08. The Labute approximate surface area is 161 Å². The molecule has 27 heavy (non-hydrogen) atoms. The molecule has 0 bridgehead atoms. The number of carbonyl (C=O) groups excluding carboxylic acids is 1. The van der Waals surface area contributed by atoms with E-state index in [2.05, 4.69) is 10.4 Å². The van der Waals surface area contributed by atoms with Crippen LogP contribution in [0.15, 0.2) is 42.5 Å². The van der Waals surface area contributed by atoms with E-state index < -0.39 is 0 Å². The van der Waals surface area contributed by atoms with E-state index in [1.807, 2.05) is 42.8 Å². The predicted molar refractivity (Wildman–Crippen MR) is 103 cm³/mol. The SMILES string of the molecule is Cc1nn(Cc2cccc(Cl)c2)c(C)c1NC(=O)c1ccc2c(c1)OCO2. The summed E-state index contributed by atoms with van der Waals surface area (Å²) in [5.74, 6) is 1.00. The maximum Gasteiger partial charge on any atom is 0.255 e. The Morgan fingerprint density at radius 2 is 2.00 bits per heavy atom. The molecule has 1 aliphatic rings. The first-order valence-corrected chi connectivity index (χ1v) is 8.88. The van der Waals surface area contributed by atoms with Gasteiger partial charge in [0.2, 0.25) is 6.79 Å². The van der Waals surface area contributed by atoms with E-state index in [1.165, 1.54) is 0 Å². The van der Waals surface area contributed by atoms with Crippen molar-refractivity contribution in [3.05, 3.63) is 70.0 Å². The molecule has 0 unspecified atom stereocenters. The molecule has 2 heterocycles. The van der Waals surface area contributed by atoms with Crippen LogP contribution in [0.5, 0.6) is 11.5 Å². The minimum atomic E-state index is -0.221. The van der Waals surface area contributed by atoms with Gasteiger partial charge in [0.15, 0.2) is 11.5 Å². The highest BCUT2D eigenvalue weighted by Crippen LogP contribution is 2.33. The fourth-order valence-electron chi connectivity index (χ4n) is 3.06. The van der Waals surface area contributed by atoms with Crippen molar-refractivity contribution < 1.29 is 14.3 Å². The maximum atomic E-state index is 12.7. The second-order valence-corrected chi connectivity index (χ2v) is 6.79. The Bertz CT molecular complexity index is 1030. The van der Waals surface area contributed by atoms with Crippen LogP contribution in [0.25, 0.3) is 0 Å². The molecule has 0 spiro atoms. The van der Waals surface area contributed by atoms with E-state index in [1.54, 1.807) is 18.2 Å². The lowest BCUT2D eigenvalue weighted by Crippen LogP contribution is -2.13. The number of benzene rings is 2. The molecule has 0 saturated heterocycles. The van der Waals surface area contributed by atoms with E-state index in [0.717, 1.165) is 17.0 Å². The van der Waals surface area contributed by atoms with Crippen molar-refractivity contribution in [3.8, 4) is 11.5 Å². The first-order chi connectivity index (χ1) is 13.0. The molecule has 138 valence electrons. The Hall–Kier alpha value is -2.99. The van der Waals surface area contributed by atoms with Gasteiger partial charge >= 0.3 is 0 Å². The van der Waals surface area contributed by atoms with E-state index in [0.29, 0.717) is 34.3 Å². The van der Waals surface area contributed by atoms with Crippen molar-refractivity contribution >= 4 is 23.2 Å². The van der Waals surface area contributed by atoms with Gasteiger partial charge in [0.25, 0.3) is 5.91 Å². The summed E-state index contributed by atoms with van der Waals surface area (Å²) in [6.07, 6.45) is 0. The standard InChI is InChI=1S/C20H18ClN3O3/c1-12-19(13(2)24(23-12)10-14-4-3-5-16(21)8-14)22-20(25)15-6-7-17-18(9-15)27-11-26-17/h3-9H,10-11H2,1-2H3,(H,22,25). The molecule has 1 aliphatic heterocycles. The van der Waals surface area contributed by atoms with Gasteiger partial charge in [0.05, 0.1) is 23.6 Å². The summed E-state index contributed by atoms with van der Waals surface area (Å²) in [5, 5.41) is 8.20. The highest BCUT2D eigenvalue weighted by atomic mass is 35.5. The number of rotatable bonds is 4. The molecule has 6 nitrogen and oxygen atoms in total. The number of halogens is 1. The van der Waals surface area contributed by atoms with Crippen LogP contribution in [0.3, 0.4) is 0 Å². The number of nitrogens with zero attached hydrogens (tertiary/aromatic N) is 2. The number of carbonyl (C=O) groups is 1. The molecule has 1 N–H and O–H groups in total. The fraction of sp³-hybridized carbons (Fsp3) is 0.200. The molecule has 3 aromatic rings. The summed E-state index contributed by atoms with van der Waals surface area (Å²) in [6.45, 7) is 4.55. The quantitative estimate of drug-likeness (QED) is 0.733. The van der Waals surface area contributed by atoms with Crippen LogP contribution in [0.4, 0.5) is 5.69 Å². The third-order valence-electron chi connectivity index (χ3n) is 4.48. The second-order valence-electron chi connectivity index (χ2n) is 6.36. The lowest BCUT2D eigenvalue weighted by atomic mass is 10.2. The maximum absolute atomic E-state index is 12.7. The summed E-state index contributed by atoms with van der Waals surface area (Å²) >= 11 is 6.06. The van der Waals surface area contributed by atoms with Crippen molar-refractivity contribution in [1.82, 2.24) is 9.78 Å². The molecule has 0 radical (unpaired) electrons. The van der Waals surface area contributed by atoms with Crippen molar-refractivity contribution in [2.45, 2.75) is 20.4 Å². The number of hydrogen-bond donors (Lipinski definition) is 1. The summed E-state index contributed by atoms with van der Waals surface area (Å²) in [6, 6.07) is 12.8. The lowest BCUT2D eigenvalue weighted by molar-refractivity contribution is 0.102. The minimum absolute atomic E-state index is 0.175. The Balaban J connectivity index is 1.55. The fourth-order valence-corrected chi connectivity index (χ4v) is 3.28. The van der Waals surface area contributed by atoms with Gasteiger partial charge in [-0.2, -0.15) is 5.10 Å². The van der Waals surface area contributed by atoms with E-state index in [4.69, 9.17) is 21.1 Å². The number of aromatic nitrogens is 2. The molecule has 0 fully saturated rings. The molecular weight excluding hydrogens is 366 g/mol. The van der Waals surface area contributed by atoms with Gasteiger partial charge in [-0.1, -0.05) is 23.7 Å². The van der Waals surface area contributed by atoms with Crippen LogP contribution in [-0.2, 0) is 6.54 Å². The molecule has 2 aromatic carbocycles. The van der Waals surface area contributed by atoms with Crippen LogP contribution >= 0.6 is 11.6 Å². The highest BCUT2D eigenvalue weighted by molar-refractivity contribution is 6.30. The zero-order valence-corrected chi connectivity index (χ0v) is 15.7. The number of hydrogen-bond acceptors (Lipinski definition) is 4. The normalized spacial score (nSPS) is 12.3. The predicted octanol–water partition coefficient (Wildman–Crippen LogP) is 4.18. The average Bonchev–Trinajstić information content (AvgIpc) is 3.21. The third-order valence-corrected chi connectivity index (χ3v) is 4.71. The Morgan fingerprint density at radius 1 is 1.19 bits per heavy atom. The van der Waals surface area contributed by atoms with Gasteiger partial charge in [-0.15, -0.1) is 0 Å². The number of anilines is 1. The van der Waals surface area contributed by atoms with Crippen molar-refractivity contribution in [3.63, 3.8) is 0 Å². The van der Waals surface area contributed by atoms with E-state index >= 15 is 0 Å². The topological polar surface area (TPSA) is 65.4 Å². The van der Waals surface area contributed by atoms with Crippen molar-refractivity contribution in [2.75, 3.05) is 12.1 Å². The molecule has 0 saturated carbocycles. The first kappa shape index (κ1) is 17.4. The van der Waals surface area contributed by atoms with Gasteiger partial charge in [0.1, 0.15) is 0 Å². The smallest absolute Gasteiger partial charge is 0.255 e. The molecule has 7 heteroatoms. The van der Waals surface area contributed by atoms with Crippen LogP contribution in [-0.4, -0.2) is 22.5 Å². The zero-order valence-electron chi connectivity index (χ0n) is 15.0. The number of nitrogens with one attached hydrogen (secondary N) is 1. The Morgan fingerprint density at radius 3 is 2.81 bits per heavy atom. The molecule has 1 aromatic heterocycles. The van der Waals surface area contributed by atoms with Crippen LogP contribution < -0.4 is 14.8 Å². The molecule has 0 aliphatic carbocycles. The molecule has 1 amide bonds. The largest absolute Gasteiger partial charge is 0.454 e. The summed E-state index contributed by atoms with van der Waals surface area (Å²) in [4.78, 5) is 12.7. The Kier molecular flexibility index (Phi) is 4.49. The van der Waals surface area contributed by atoms with Crippen LogP contribution in [0.1, 0.15) is 27.3 Å². The van der Waals surface area contributed by atoms with Gasteiger partial charge in [-0.05, 0) is 49.7 Å². The number of amides is 1. The number of ether oxygens (including phenoxy) is 2. The number of fused-ring (bicyclic) bond motifs is 1. The molecular formula is C20H18ClN3O3. The third kappa shape index (κ3) is 3.48. The van der Waals surface area contributed by atoms with Gasteiger partial charge in [0, 0.05) is 10.6 Å². The average molecular weight is 384 g/mol. The van der Waals surface area contributed by atoms with E-state index in [-0.39, 0.29) is 12.7 Å². The first-order valence-electron chi connectivity index (χ1n) is 8.51. The minimum Gasteiger partial charge on any atom is -0.454 e. The van der Waals surface area contributed by atoms with Gasteiger partial charge in [-0.3, -0.25) is 9.48 Å². The summed E-state index contributed by atoms with van der Waals surface area (Å²) in [5.41, 5.74) is 3.88. The van der Waals surface area contributed by atoms with E-state index in [9.17, 15) is 4.79 Å². The van der Waals surface area contributed by atoms with Crippen LogP contribution in [0, 0.1) is 13.8 Å². The second kappa shape index (κ2) is 6.96. The monoisotopic (exact) mass is 383 g/mol. The molecule has 0 atom stereocenters. The number of aryl methyl sites for hydroxylation is 1. The highest BCUT2D eigenvalue weighted by Gasteiger charge is 2.19.